The highest BCUT2D eigenvalue weighted by Gasteiger charge is 2.17. The van der Waals surface area contributed by atoms with E-state index < -0.39 is 0 Å². The first kappa shape index (κ1) is 6.52. The summed E-state index contributed by atoms with van der Waals surface area (Å²) in [4.78, 5) is 6.98. The van der Waals surface area contributed by atoms with Crippen LogP contribution in [0, 0.1) is 0 Å². The summed E-state index contributed by atoms with van der Waals surface area (Å²) in [6.45, 7) is 0. The molecule has 0 bridgehead atoms. The fraction of sp³-hybridized carbons (Fsp3) is 0.571. The molecule has 1 heterocycles. The Morgan fingerprint density at radius 3 is 2.91 bits per heavy atom. The van der Waals surface area contributed by atoms with Crippen molar-refractivity contribution in [1.82, 2.24) is 9.97 Å². The van der Waals surface area contributed by atoms with Crippen molar-refractivity contribution < 1.29 is 0 Å². The molecule has 0 unspecified atom stereocenters. The predicted octanol–water partition coefficient (Wildman–Crippen LogP) is 0.956. The zero-order chi connectivity index (χ0) is 7.68. The summed E-state index contributed by atoms with van der Waals surface area (Å²) < 4.78 is 0. The third kappa shape index (κ3) is 1.29. The third-order valence-corrected chi connectivity index (χ3v) is 2.04. The van der Waals surface area contributed by atoms with Crippen molar-refractivity contribution in [1.29, 1.82) is 0 Å². The molecule has 1 fully saturated rings. The summed E-state index contributed by atoms with van der Waals surface area (Å²) in [6.07, 6.45) is 5.45. The van der Waals surface area contributed by atoms with Crippen molar-refractivity contribution in [3.8, 4) is 0 Å². The summed E-state index contributed by atoms with van der Waals surface area (Å²) in [6, 6.07) is 0.612. The van der Waals surface area contributed by atoms with Gasteiger partial charge in [0.05, 0.1) is 6.20 Å². The summed E-state index contributed by atoms with van der Waals surface area (Å²) in [7, 11) is 0. The Hall–Kier alpha value is -1.19. The van der Waals surface area contributed by atoms with Crippen LogP contribution in [0.15, 0.2) is 6.20 Å². The van der Waals surface area contributed by atoms with Crippen LogP contribution in [0.25, 0.3) is 0 Å². The maximum Gasteiger partial charge on any atom is 0.201 e. The van der Waals surface area contributed by atoms with E-state index in [1.165, 1.54) is 19.3 Å². The van der Waals surface area contributed by atoms with Gasteiger partial charge in [-0.3, -0.25) is 0 Å². The van der Waals surface area contributed by atoms with Crippen LogP contribution in [0.2, 0.25) is 0 Å². The Morgan fingerprint density at radius 2 is 2.45 bits per heavy atom. The maximum atomic E-state index is 5.46. The van der Waals surface area contributed by atoms with E-state index in [2.05, 4.69) is 15.3 Å². The minimum atomic E-state index is 0.612. The monoisotopic (exact) mass is 152 g/mol. The summed E-state index contributed by atoms with van der Waals surface area (Å²) in [5, 5.41) is 3.25. The highest BCUT2D eigenvalue weighted by molar-refractivity contribution is 5.37. The molecular formula is C7H12N4. The van der Waals surface area contributed by atoms with E-state index in [1.54, 1.807) is 6.20 Å². The number of anilines is 2. The van der Waals surface area contributed by atoms with Gasteiger partial charge < -0.3 is 16.0 Å². The molecule has 0 spiro atoms. The van der Waals surface area contributed by atoms with Gasteiger partial charge in [0.1, 0.15) is 5.82 Å². The molecule has 1 aromatic rings. The molecule has 60 valence electrons. The van der Waals surface area contributed by atoms with Crippen LogP contribution >= 0.6 is 0 Å². The van der Waals surface area contributed by atoms with Gasteiger partial charge in [0.15, 0.2) is 0 Å². The second-order valence-corrected chi connectivity index (χ2v) is 2.96. The number of nitrogens with one attached hydrogen (secondary N) is 2. The number of nitrogens with two attached hydrogens (primary N) is 1. The Morgan fingerprint density at radius 1 is 1.64 bits per heavy atom. The lowest BCUT2D eigenvalue weighted by atomic mass is 9.93. The summed E-state index contributed by atoms with van der Waals surface area (Å²) >= 11 is 0. The molecule has 0 aliphatic heterocycles. The lowest BCUT2D eigenvalue weighted by Gasteiger charge is -2.25. The number of aromatic nitrogens is 2. The van der Waals surface area contributed by atoms with Gasteiger partial charge in [-0.05, 0) is 19.3 Å². The molecule has 0 saturated heterocycles. The van der Waals surface area contributed by atoms with Crippen molar-refractivity contribution in [2.45, 2.75) is 25.3 Å². The van der Waals surface area contributed by atoms with Crippen LogP contribution in [0.1, 0.15) is 19.3 Å². The SMILES string of the molecule is Nc1cnc(NC2CCC2)[nH]1. The molecule has 1 aliphatic carbocycles. The molecule has 0 amide bonds. The van der Waals surface area contributed by atoms with Gasteiger partial charge in [-0.2, -0.15) is 0 Å². The molecule has 2 rings (SSSR count). The van der Waals surface area contributed by atoms with Crippen LogP contribution in [-0.4, -0.2) is 16.0 Å². The minimum Gasteiger partial charge on any atom is -0.384 e. The van der Waals surface area contributed by atoms with Crippen molar-refractivity contribution in [3.05, 3.63) is 6.20 Å². The van der Waals surface area contributed by atoms with E-state index in [0.717, 1.165) is 5.95 Å². The van der Waals surface area contributed by atoms with Crippen LogP contribution in [0.4, 0.5) is 11.8 Å². The van der Waals surface area contributed by atoms with Crippen molar-refractivity contribution >= 4 is 11.8 Å². The average molecular weight is 152 g/mol. The number of nitrogens with zero attached hydrogens (tertiary/aromatic N) is 1. The summed E-state index contributed by atoms with van der Waals surface area (Å²) in [5.41, 5.74) is 5.46. The van der Waals surface area contributed by atoms with Gasteiger partial charge in [0.2, 0.25) is 5.95 Å². The topological polar surface area (TPSA) is 66.7 Å². The Labute approximate surface area is 65.2 Å². The number of hydrogen-bond donors (Lipinski definition) is 3. The molecule has 11 heavy (non-hydrogen) atoms. The fourth-order valence-electron chi connectivity index (χ4n) is 1.15. The molecule has 1 aromatic heterocycles. The number of hydrogen-bond acceptors (Lipinski definition) is 3. The Bertz CT molecular complexity index is 238. The second kappa shape index (κ2) is 2.45. The van der Waals surface area contributed by atoms with Gasteiger partial charge in [0.25, 0.3) is 0 Å². The second-order valence-electron chi connectivity index (χ2n) is 2.96. The van der Waals surface area contributed by atoms with Gasteiger partial charge in [0, 0.05) is 6.04 Å². The van der Waals surface area contributed by atoms with Crippen LogP contribution in [0.5, 0.6) is 0 Å². The van der Waals surface area contributed by atoms with Crippen LogP contribution < -0.4 is 11.1 Å². The van der Waals surface area contributed by atoms with Crippen molar-refractivity contribution in [3.63, 3.8) is 0 Å². The highest BCUT2D eigenvalue weighted by atomic mass is 15.2. The third-order valence-electron chi connectivity index (χ3n) is 2.04. The number of rotatable bonds is 2. The Balaban J connectivity index is 1.95. The molecule has 1 aliphatic rings. The Kier molecular flexibility index (Phi) is 1.45. The first-order chi connectivity index (χ1) is 5.34. The van der Waals surface area contributed by atoms with Crippen molar-refractivity contribution in [2.75, 3.05) is 11.1 Å². The molecule has 0 atom stereocenters. The quantitative estimate of drug-likeness (QED) is 0.591. The first-order valence-corrected chi connectivity index (χ1v) is 3.91. The normalized spacial score (nSPS) is 17.8. The van der Waals surface area contributed by atoms with E-state index in [1.807, 2.05) is 0 Å². The summed E-state index contributed by atoms with van der Waals surface area (Å²) in [5.74, 6) is 1.42. The molecular weight excluding hydrogens is 140 g/mol. The average Bonchev–Trinajstić information content (AvgIpc) is 2.27. The molecule has 4 heteroatoms. The van der Waals surface area contributed by atoms with E-state index >= 15 is 0 Å². The molecule has 0 aromatic carbocycles. The molecule has 0 radical (unpaired) electrons. The maximum absolute atomic E-state index is 5.46. The van der Waals surface area contributed by atoms with E-state index in [4.69, 9.17) is 5.73 Å². The minimum absolute atomic E-state index is 0.612. The van der Waals surface area contributed by atoms with Gasteiger partial charge in [-0.1, -0.05) is 0 Å². The fourth-order valence-corrected chi connectivity index (χ4v) is 1.15. The van der Waals surface area contributed by atoms with Gasteiger partial charge in [-0.15, -0.1) is 0 Å². The van der Waals surface area contributed by atoms with E-state index in [0.29, 0.717) is 11.9 Å². The van der Waals surface area contributed by atoms with E-state index in [9.17, 15) is 0 Å². The smallest absolute Gasteiger partial charge is 0.201 e. The van der Waals surface area contributed by atoms with Crippen molar-refractivity contribution in [2.24, 2.45) is 0 Å². The number of nitrogen functional groups attached to an aromatic ring is 1. The standard InChI is InChI=1S/C7H12N4/c8-6-4-9-7(11-6)10-5-2-1-3-5/h4-5H,1-3,8H2,(H2,9,10,11). The lowest BCUT2D eigenvalue weighted by Crippen LogP contribution is -2.27. The van der Waals surface area contributed by atoms with Crippen LogP contribution in [-0.2, 0) is 0 Å². The number of H-pyrrole nitrogens is 1. The number of aromatic amines is 1. The zero-order valence-electron chi connectivity index (χ0n) is 6.30. The number of imidazole rings is 1. The van der Waals surface area contributed by atoms with E-state index in [-0.39, 0.29) is 0 Å². The lowest BCUT2D eigenvalue weighted by molar-refractivity contribution is 0.443. The molecule has 4 nitrogen and oxygen atoms in total. The predicted molar refractivity (Wildman–Crippen MR) is 44.3 cm³/mol. The van der Waals surface area contributed by atoms with Gasteiger partial charge in [-0.25, -0.2) is 4.98 Å². The van der Waals surface area contributed by atoms with Gasteiger partial charge >= 0.3 is 0 Å². The molecule has 4 N–H and O–H groups in total. The zero-order valence-corrected chi connectivity index (χ0v) is 6.30. The first-order valence-electron chi connectivity index (χ1n) is 3.91. The van der Waals surface area contributed by atoms with Crippen LogP contribution in [0.3, 0.4) is 0 Å². The largest absolute Gasteiger partial charge is 0.384 e. The highest BCUT2D eigenvalue weighted by Crippen LogP contribution is 2.21. The molecule has 1 saturated carbocycles.